The zero-order chi connectivity index (χ0) is 24.9. The fraction of sp³-hybridized carbons (Fsp3) is 0.538. The number of rotatable bonds is 4. The van der Waals surface area contributed by atoms with Crippen molar-refractivity contribution >= 4 is 22.2 Å². The Kier molecular flexibility index (Phi) is 6.06. The van der Waals surface area contributed by atoms with Crippen molar-refractivity contribution in [1.82, 2.24) is 20.0 Å². The van der Waals surface area contributed by atoms with E-state index in [-0.39, 0.29) is 0 Å². The molecule has 35 heavy (non-hydrogen) atoms. The monoisotopic (exact) mass is 491 g/mol. The molecule has 1 aliphatic heterocycles. The highest BCUT2D eigenvalue weighted by atomic mass is 32.1. The van der Waals surface area contributed by atoms with Crippen molar-refractivity contribution < 1.29 is 4.52 Å². The minimum atomic E-state index is -0.539. The lowest BCUT2D eigenvalue weighted by atomic mass is 9.72. The predicted molar refractivity (Wildman–Crippen MR) is 139 cm³/mol. The van der Waals surface area contributed by atoms with Crippen LogP contribution < -0.4 is 10.6 Å². The van der Waals surface area contributed by atoms with Crippen LogP contribution in [-0.4, -0.2) is 52.7 Å². The second kappa shape index (κ2) is 8.92. The van der Waals surface area contributed by atoms with Gasteiger partial charge in [0.2, 0.25) is 11.7 Å². The summed E-state index contributed by atoms with van der Waals surface area (Å²) in [5.41, 5.74) is 9.08. The maximum Gasteiger partial charge on any atom is 0.237 e. The third-order valence-electron chi connectivity index (χ3n) is 7.51. The van der Waals surface area contributed by atoms with Gasteiger partial charge in [0.05, 0.1) is 11.0 Å². The van der Waals surface area contributed by atoms with E-state index in [9.17, 15) is 5.26 Å². The van der Waals surface area contributed by atoms with E-state index in [1.54, 1.807) is 0 Å². The first kappa shape index (κ1) is 23.8. The van der Waals surface area contributed by atoms with Crippen molar-refractivity contribution in [2.45, 2.75) is 64.3 Å². The van der Waals surface area contributed by atoms with E-state index in [0.717, 1.165) is 60.8 Å². The summed E-state index contributed by atoms with van der Waals surface area (Å²) >= 11 is 1.51. The van der Waals surface area contributed by atoms with Gasteiger partial charge in [0.1, 0.15) is 22.6 Å². The number of hydrogen-bond donors (Lipinski definition) is 1. The summed E-state index contributed by atoms with van der Waals surface area (Å²) in [6.07, 6.45) is 2.74. The summed E-state index contributed by atoms with van der Waals surface area (Å²) in [5, 5.41) is 14.7. The lowest BCUT2D eigenvalue weighted by Crippen LogP contribution is -2.50. The van der Waals surface area contributed by atoms with E-state index in [1.165, 1.54) is 16.9 Å². The molecule has 4 heterocycles. The van der Waals surface area contributed by atoms with E-state index >= 15 is 0 Å². The van der Waals surface area contributed by atoms with Crippen molar-refractivity contribution in [2.24, 2.45) is 0 Å². The van der Waals surface area contributed by atoms with E-state index in [4.69, 9.17) is 20.2 Å². The summed E-state index contributed by atoms with van der Waals surface area (Å²) < 4.78 is 5.88. The minimum Gasteiger partial charge on any atom is -0.389 e. The lowest BCUT2D eigenvalue weighted by molar-refractivity contribution is 0.274. The van der Waals surface area contributed by atoms with Gasteiger partial charge < -0.3 is 20.1 Å². The second-order valence-corrected chi connectivity index (χ2v) is 11.6. The van der Waals surface area contributed by atoms with Gasteiger partial charge in [-0.15, -0.1) is 11.3 Å². The number of fused-ring (bicyclic) bond motifs is 1. The Balaban J connectivity index is 1.56. The van der Waals surface area contributed by atoms with Crippen LogP contribution in [0.15, 0.2) is 16.7 Å². The summed E-state index contributed by atoms with van der Waals surface area (Å²) in [5.74, 6) is 2.31. The van der Waals surface area contributed by atoms with Gasteiger partial charge in [-0.1, -0.05) is 19.0 Å². The molecule has 1 aliphatic carbocycles. The number of likely N-dealkylation sites (N-methyl/N-ethyl adjacent to an activating group) is 1. The molecule has 3 aromatic rings. The van der Waals surface area contributed by atoms with Gasteiger partial charge in [0.25, 0.3) is 0 Å². The molecule has 9 heteroatoms. The Hall–Kier alpha value is -2.96. The molecule has 0 radical (unpaired) electrons. The molecule has 3 aromatic heterocycles. The Morgan fingerprint density at radius 2 is 2.09 bits per heavy atom. The van der Waals surface area contributed by atoms with E-state index in [0.29, 0.717) is 34.2 Å². The highest BCUT2D eigenvalue weighted by Crippen LogP contribution is 2.48. The third-order valence-corrected chi connectivity index (χ3v) is 8.58. The van der Waals surface area contributed by atoms with Crippen molar-refractivity contribution in [3.05, 3.63) is 39.6 Å². The molecule has 0 aromatic carbocycles. The minimum absolute atomic E-state index is 0.343. The molecule has 2 N–H and O–H groups in total. The predicted octanol–water partition coefficient (Wildman–Crippen LogP) is 4.55. The molecule has 5 rings (SSSR count). The first-order valence-electron chi connectivity index (χ1n) is 12.3. The lowest BCUT2D eigenvalue weighted by Gasteiger charge is -2.39. The molecule has 0 amide bonds. The highest BCUT2D eigenvalue weighted by molar-refractivity contribution is 7.16. The van der Waals surface area contributed by atoms with E-state index < -0.39 is 5.41 Å². The summed E-state index contributed by atoms with van der Waals surface area (Å²) in [6, 6.07) is 6.94. The van der Waals surface area contributed by atoms with Gasteiger partial charge in [-0.2, -0.15) is 10.2 Å². The zero-order valence-corrected chi connectivity index (χ0v) is 21.9. The number of aryl methyl sites for hydroxylation is 1. The van der Waals surface area contributed by atoms with Gasteiger partial charge in [-0.3, -0.25) is 0 Å². The largest absolute Gasteiger partial charge is 0.389 e. The summed E-state index contributed by atoms with van der Waals surface area (Å²) in [4.78, 5) is 15.7. The number of anilines is 2. The Bertz CT molecular complexity index is 1290. The van der Waals surface area contributed by atoms with Crippen LogP contribution >= 0.6 is 11.3 Å². The first-order chi connectivity index (χ1) is 16.7. The zero-order valence-electron chi connectivity index (χ0n) is 21.1. The van der Waals surface area contributed by atoms with Crippen molar-refractivity contribution in [2.75, 3.05) is 37.3 Å². The number of nitrogens with two attached hydrogens (primary N) is 1. The molecule has 0 spiro atoms. The number of piperazine rings is 1. The Morgan fingerprint density at radius 1 is 1.29 bits per heavy atom. The van der Waals surface area contributed by atoms with Crippen LogP contribution in [0.1, 0.15) is 73.9 Å². The number of thiophene rings is 1. The van der Waals surface area contributed by atoms with Crippen molar-refractivity contribution in [3.63, 3.8) is 0 Å². The average molecular weight is 492 g/mol. The fourth-order valence-corrected chi connectivity index (χ4v) is 6.66. The molecule has 0 saturated carbocycles. The van der Waals surface area contributed by atoms with Crippen LogP contribution in [0.2, 0.25) is 0 Å². The molecule has 0 bridgehead atoms. The van der Waals surface area contributed by atoms with Gasteiger partial charge in [0.15, 0.2) is 0 Å². The van der Waals surface area contributed by atoms with Crippen LogP contribution in [0, 0.1) is 11.3 Å². The van der Waals surface area contributed by atoms with Gasteiger partial charge in [-0.25, -0.2) is 4.98 Å². The number of pyridine rings is 1. The number of nitriles is 1. The molecule has 2 aliphatic rings. The Labute approximate surface area is 210 Å². The van der Waals surface area contributed by atoms with Crippen LogP contribution in [0.3, 0.4) is 0 Å². The molecule has 2 unspecified atom stereocenters. The fourth-order valence-electron chi connectivity index (χ4n) is 5.47. The molecule has 2 atom stereocenters. The summed E-state index contributed by atoms with van der Waals surface area (Å²) in [6.45, 7) is 11.6. The van der Waals surface area contributed by atoms with Gasteiger partial charge >= 0.3 is 0 Å². The highest BCUT2D eigenvalue weighted by Gasteiger charge is 2.43. The van der Waals surface area contributed by atoms with Crippen molar-refractivity contribution in [3.8, 4) is 17.6 Å². The molecule has 1 fully saturated rings. The molecular weight excluding hydrogens is 458 g/mol. The first-order valence-corrected chi connectivity index (χ1v) is 13.2. The molecular formula is C26H33N7OS. The van der Waals surface area contributed by atoms with E-state index in [1.807, 2.05) is 0 Å². The topological polar surface area (TPSA) is 108 Å². The van der Waals surface area contributed by atoms with Crippen molar-refractivity contribution in [1.29, 1.82) is 5.26 Å². The maximum atomic E-state index is 9.79. The number of aromatic nitrogens is 3. The number of nitrogen functional groups attached to an aromatic ring is 1. The second-order valence-electron chi connectivity index (χ2n) is 10.5. The maximum absolute atomic E-state index is 9.79. The average Bonchev–Trinajstić information content (AvgIpc) is 3.44. The van der Waals surface area contributed by atoms with E-state index in [2.05, 4.69) is 67.9 Å². The van der Waals surface area contributed by atoms with Crippen LogP contribution in [0.5, 0.6) is 0 Å². The third kappa shape index (κ3) is 4.09. The van der Waals surface area contributed by atoms with Crippen LogP contribution in [0.4, 0.5) is 10.8 Å². The van der Waals surface area contributed by atoms with Crippen LogP contribution in [-0.2, 0) is 11.8 Å². The molecule has 8 nitrogen and oxygen atoms in total. The van der Waals surface area contributed by atoms with Gasteiger partial charge in [0, 0.05) is 36.1 Å². The smallest absolute Gasteiger partial charge is 0.237 e. The standard InChI is InChI=1S/C26H33N7OS/c1-15(2)17-11-19(29-21(12-17)33-10-9-32(5)14-16(33)3)24-30-25(34-31-24)26(4)8-6-7-20-22(26)18(13-27)23(28)35-20/h11-12,15-16H,6-10,14,28H2,1-5H3. The molecule has 184 valence electrons. The SMILES string of the molecule is CC(C)c1cc(-c2noc(C3(C)CCCc4sc(N)c(C#N)c43)n2)nc(N2CCN(C)CC2C)c1. The quantitative estimate of drug-likeness (QED) is 0.566. The van der Waals surface area contributed by atoms with Gasteiger partial charge in [-0.05, 0) is 63.8 Å². The number of hydrogen-bond acceptors (Lipinski definition) is 9. The van der Waals surface area contributed by atoms with Crippen LogP contribution in [0.25, 0.3) is 11.5 Å². The molecule has 1 saturated heterocycles. The number of nitrogens with zero attached hydrogens (tertiary/aromatic N) is 6. The Morgan fingerprint density at radius 3 is 2.80 bits per heavy atom. The summed E-state index contributed by atoms with van der Waals surface area (Å²) in [7, 11) is 2.16. The normalized spacial score (nSPS) is 22.9.